The molecular formula is C50H101N2O6P. The predicted octanol–water partition coefficient (Wildman–Crippen LogP) is 14.1. The minimum Gasteiger partial charge on any atom is -0.756 e. The molecule has 0 radical (unpaired) electrons. The third-order valence-electron chi connectivity index (χ3n) is 11.7. The van der Waals surface area contributed by atoms with Gasteiger partial charge < -0.3 is 28.8 Å². The molecule has 59 heavy (non-hydrogen) atoms. The molecule has 0 saturated carbocycles. The van der Waals surface area contributed by atoms with Crippen molar-refractivity contribution < 1.29 is 32.9 Å². The van der Waals surface area contributed by atoms with E-state index in [0.717, 1.165) is 38.5 Å². The Kier molecular flexibility index (Phi) is 42.0. The van der Waals surface area contributed by atoms with Gasteiger partial charge in [-0.25, -0.2) is 0 Å². The van der Waals surface area contributed by atoms with E-state index in [1.54, 1.807) is 6.08 Å². The maximum Gasteiger partial charge on any atom is 0.268 e. The number of phosphoric acid groups is 1. The average Bonchev–Trinajstić information content (AvgIpc) is 3.19. The topological polar surface area (TPSA) is 108 Å². The van der Waals surface area contributed by atoms with E-state index in [0.29, 0.717) is 17.4 Å². The number of carbonyl (C=O) groups is 1. The second-order valence-corrected chi connectivity index (χ2v) is 20.3. The fraction of sp³-hybridized carbons (Fsp3) is 0.940. The van der Waals surface area contributed by atoms with Crippen LogP contribution in [0.5, 0.6) is 0 Å². The maximum atomic E-state index is 12.9. The van der Waals surface area contributed by atoms with E-state index in [9.17, 15) is 19.4 Å². The number of nitrogens with zero attached hydrogens (tertiary/aromatic N) is 1. The van der Waals surface area contributed by atoms with Crippen LogP contribution < -0.4 is 10.2 Å². The van der Waals surface area contributed by atoms with Gasteiger partial charge in [0, 0.05) is 6.42 Å². The Morgan fingerprint density at radius 1 is 0.576 bits per heavy atom. The van der Waals surface area contributed by atoms with Gasteiger partial charge in [0.05, 0.1) is 39.9 Å². The average molecular weight is 857 g/mol. The molecule has 3 unspecified atom stereocenters. The van der Waals surface area contributed by atoms with Crippen LogP contribution in [-0.2, 0) is 18.4 Å². The van der Waals surface area contributed by atoms with Gasteiger partial charge in [-0.1, -0.05) is 238 Å². The van der Waals surface area contributed by atoms with E-state index in [1.165, 1.54) is 193 Å². The lowest BCUT2D eigenvalue weighted by molar-refractivity contribution is -0.870. The predicted molar refractivity (Wildman–Crippen MR) is 252 cm³/mol. The van der Waals surface area contributed by atoms with Crippen LogP contribution in [0.4, 0.5) is 0 Å². The van der Waals surface area contributed by atoms with Gasteiger partial charge in [-0.3, -0.25) is 9.36 Å². The van der Waals surface area contributed by atoms with Crippen molar-refractivity contribution in [2.75, 3.05) is 40.9 Å². The van der Waals surface area contributed by atoms with Crippen LogP contribution in [0.15, 0.2) is 12.2 Å². The number of hydrogen-bond acceptors (Lipinski definition) is 6. The molecule has 0 aromatic rings. The quantitative estimate of drug-likeness (QED) is 0.0273. The molecule has 0 fully saturated rings. The first-order valence-corrected chi connectivity index (χ1v) is 27.0. The first kappa shape index (κ1) is 58.2. The van der Waals surface area contributed by atoms with E-state index >= 15 is 0 Å². The SMILES string of the molecule is CCCCCCCCCCCCCCCCCC/C=C/C(O)C(COP(=O)([O-])OCC[N+](C)(C)C)NC(=O)CCCCCCCCCCCCCCCCCCCCC. The minimum atomic E-state index is -4.59. The van der Waals surface area contributed by atoms with Crippen molar-refractivity contribution in [2.24, 2.45) is 0 Å². The second kappa shape index (κ2) is 42.5. The highest BCUT2D eigenvalue weighted by atomic mass is 31.2. The number of nitrogens with one attached hydrogen (secondary N) is 1. The molecule has 0 spiro atoms. The van der Waals surface area contributed by atoms with Gasteiger partial charge in [0.2, 0.25) is 5.91 Å². The lowest BCUT2D eigenvalue weighted by Gasteiger charge is -2.29. The number of carbonyl (C=O) groups excluding carboxylic acids is 1. The zero-order valence-electron chi connectivity index (χ0n) is 40.0. The number of likely N-dealkylation sites (N-methyl/N-ethyl adjacent to an activating group) is 1. The van der Waals surface area contributed by atoms with Gasteiger partial charge in [-0.05, 0) is 19.3 Å². The Balaban J connectivity index is 4.29. The summed E-state index contributed by atoms with van der Waals surface area (Å²) in [6.45, 7) is 4.68. The molecule has 0 heterocycles. The summed E-state index contributed by atoms with van der Waals surface area (Å²) in [6.07, 6.45) is 49.7. The van der Waals surface area contributed by atoms with E-state index in [1.807, 2.05) is 27.2 Å². The molecule has 0 aliphatic heterocycles. The summed E-state index contributed by atoms with van der Waals surface area (Å²) in [5.41, 5.74) is 0. The van der Waals surface area contributed by atoms with Crippen LogP contribution >= 0.6 is 7.82 Å². The molecule has 0 saturated heterocycles. The fourth-order valence-electron chi connectivity index (χ4n) is 7.68. The first-order valence-electron chi connectivity index (χ1n) is 25.6. The first-order chi connectivity index (χ1) is 28.5. The number of rotatable bonds is 47. The van der Waals surface area contributed by atoms with Crippen molar-refractivity contribution in [3.8, 4) is 0 Å². The molecule has 0 aromatic heterocycles. The molecule has 3 atom stereocenters. The van der Waals surface area contributed by atoms with Gasteiger partial charge in [0.15, 0.2) is 0 Å². The largest absolute Gasteiger partial charge is 0.756 e. The molecule has 9 heteroatoms. The number of aliphatic hydroxyl groups excluding tert-OH is 1. The Hall–Kier alpha value is -0.760. The summed E-state index contributed by atoms with van der Waals surface area (Å²) < 4.78 is 23.3. The normalized spacial score (nSPS) is 14.2. The lowest BCUT2D eigenvalue weighted by atomic mass is 10.0. The number of amides is 1. The summed E-state index contributed by atoms with van der Waals surface area (Å²) in [5, 5.41) is 13.8. The van der Waals surface area contributed by atoms with Crippen LogP contribution in [0.1, 0.15) is 251 Å². The van der Waals surface area contributed by atoms with E-state index in [4.69, 9.17) is 9.05 Å². The summed E-state index contributed by atoms with van der Waals surface area (Å²) >= 11 is 0. The van der Waals surface area contributed by atoms with Crippen LogP contribution in [0.3, 0.4) is 0 Å². The summed E-state index contributed by atoms with van der Waals surface area (Å²) in [4.78, 5) is 25.4. The molecular weight excluding hydrogens is 756 g/mol. The summed E-state index contributed by atoms with van der Waals surface area (Å²) in [7, 11) is 1.27. The third-order valence-corrected chi connectivity index (χ3v) is 12.7. The van der Waals surface area contributed by atoms with Crippen molar-refractivity contribution in [1.29, 1.82) is 0 Å². The number of phosphoric ester groups is 1. The van der Waals surface area contributed by atoms with Crippen molar-refractivity contribution in [1.82, 2.24) is 5.32 Å². The number of hydrogen-bond donors (Lipinski definition) is 2. The Morgan fingerprint density at radius 3 is 1.27 bits per heavy atom. The number of aliphatic hydroxyl groups is 1. The molecule has 2 N–H and O–H groups in total. The fourth-order valence-corrected chi connectivity index (χ4v) is 8.41. The van der Waals surface area contributed by atoms with Crippen molar-refractivity contribution in [3.63, 3.8) is 0 Å². The van der Waals surface area contributed by atoms with Crippen LogP contribution in [-0.4, -0.2) is 68.5 Å². The van der Waals surface area contributed by atoms with E-state index in [-0.39, 0.29) is 19.1 Å². The minimum absolute atomic E-state index is 0.00245. The Morgan fingerprint density at radius 2 is 0.915 bits per heavy atom. The number of unbranched alkanes of at least 4 members (excludes halogenated alkanes) is 34. The molecule has 0 aliphatic rings. The van der Waals surface area contributed by atoms with Crippen LogP contribution in [0, 0.1) is 0 Å². The molecule has 0 aliphatic carbocycles. The Bertz CT molecular complexity index is 974. The highest BCUT2D eigenvalue weighted by Crippen LogP contribution is 2.38. The maximum absolute atomic E-state index is 12.9. The van der Waals surface area contributed by atoms with Crippen molar-refractivity contribution >= 4 is 13.7 Å². The van der Waals surface area contributed by atoms with Gasteiger partial charge in [-0.2, -0.15) is 0 Å². The van der Waals surface area contributed by atoms with Crippen molar-refractivity contribution in [2.45, 2.75) is 264 Å². The van der Waals surface area contributed by atoms with Crippen LogP contribution in [0.25, 0.3) is 0 Å². The molecule has 0 bridgehead atoms. The smallest absolute Gasteiger partial charge is 0.268 e. The van der Waals surface area contributed by atoms with Crippen molar-refractivity contribution in [3.05, 3.63) is 12.2 Å². The highest BCUT2D eigenvalue weighted by Gasteiger charge is 2.23. The van der Waals surface area contributed by atoms with Gasteiger partial charge >= 0.3 is 0 Å². The number of allylic oxidation sites excluding steroid dienone is 1. The second-order valence-electron chi connectivity index (χ2n) is 18.9. The molecule has 0 rings (SSSR count). The summed E-state index contributed by atoms with van der Waals surface area (Å²) in [5.74, 6) is -0.192. The van der Waals surface area contributed by atoms with E-state index < -0.39 is 20.0 Å². The zero-order valence-corrected chi connectivity index (χ0v) is 40.9. The van der Waals surface area contributed by atoms with Crippen LogP contribution in [0.2, 0.25) is 0 Å². The monoisotopic (exact) mass is 857 g/mol. The highest BCUT2D eigenvalue weighted by molar-refractivity contribution is 7.45. The van der Waals surface area contributed by atoms with E-state index in [2.05, 4.69) is 19.2 Å². The molecule has 352 valence electrons. The standard InChI is InChI=1S/C50H101N2O6P/c1-6-8-10-12-14-16-18-20-22-24-26-28-30-32-34-36-38-40-42-44-50(54)51-48(47-58-59(55,56)57-46-45-52(3,4)5)49(53)43-41-39-37-35-33-31-29-27-25-23-21-19-17-15-13-11-9-7-2/h41,43,48-49,53H,6-40,42,44-47H2,1-5H3,(H-,51,54,55,56)/b43-41+. The van der Waals surface area contributed by atoms with Gasteiger partial charge in [0.25, 0.3) is 7.82 Å². The van der Waals surface area contributed by atoms with Gasteiger partial charge in [-0.15, -0.1) is 0 Å². The van der Waals surface area contributed by atoms with Gasteiger partial charge in [0.1, 0.15) is 13.2 Å². The summed E-state index contributed by atoms with van der Waals surface area (Å²) in [6, 6.07) is -0.880. The molecule has 0 aromatic carbocycles. The third kappa shape index (κ3) is 45.1. The molecule has 1 amide bonds. The zero-order chi connectivity index (χ0) is 43.6. The number of quaternary nitrogens is 1. The lowest BCUT2D eigenvalue weighted by Crippen LogP contribution is -2.45. The Labute approximate surface area is 367 Å². The molecule has 8 nitrogen and oxygen atoms in total.